The van der Waals surface area contributed by atoms with E-state index in [1.165, 1.54) is 6.42 Å². The van der Waals surface area contributed by atoms with E-state index >= 15 is 0 Å². The van der Waals surface area contributed by atoms with Crippen molar-refractivity contribution in [3.05, 3.63) is 24.0 Å². The summed E-state index contributed by atoms with van der Waals surface area (Å²) in [7, 11) is 1.98. The lowest BCUT2D eigenvalue weighted by atomic mass is 10.0. The largest absolute Gasteiger partial charge is 0.489 e. The Hall–Kier alpha value is -1.13. The summed E-state index contributed by atoms with van der Waals surface area (Å²) in [6, 6.07) is 2.34. The molecule has 1 saturated heterocycles. The second kappa shape index (κ2) is 6.87. The molecule has 1 aliphatic heterocycles. The lowest BCUT2D eigenvalue weighted by molar-refractivity contribution is 0.0953. The third kappa shape index (κ3) is 4.18. The van der Waals surface area contributed by atoms with Gasteiger partial charge in [-0.25, -0.2) is 0 Å². The van der Waals surface area contributed by atoms with E-state index in [1.807, 2.05) is 27.1 Å². The average Bonchev–Trinajstić information content (AvgIpc) is 2.88. The highest BCUT2D eigenvalue weighted by molar-refractivity contribution is 5.26. The predicted octanol–water partition coefficient (Wildman–Crippen LogP) is 2.70. The van der Waals surface area contributed by atoms with Gasteiger partial charge >= 0.3 is 0 Å². The van der Waals surface area contributed by atoms with Crippen LogP contribution >= 0.6 is 0 Å². The molecule has 2 unspecified atom stereocenters. The van der Waals surface area contributed by atoms with Crippen molar-refractivity contribution in [2.24, 2.45) is 0 Å². The van der Waals surface area contributed by atoms with Crippen LogP contribution in [-0.2, 0) is 4.74 Å². The number of hydrogen-bond acceptors (Lipinski definition) is 4. The van der Waals surface area contributed by atoms with E-state index in [9.17, 15) is 0 Å². The van der Waals surface area contributed by atoms with Crippen molar-refractivity contribution in [3.8, 4) is 5.75 Å². The van der Waals surface area contributed by atoms with Gasteiger partial charge in [-0.3, -0.25) is 4.98 Å². The first-order valence-corrected chi connectivity index (χ1v) is 7.09. The van der Waals surface area contributed by atoms with E-state index in [1.54, 1.807) is 6.20 Å². The van der Waals surface area contributed by atoms with Gasteiger partial charge in [0.15, 0.2) is 0 Å². The van der Waals surface area contributed by atoms with Crippen molar-refractivity contribution in [1.29, 1.82) is 0 Å². The van der Waals surface area contributed by atoms with Gasteiger partial charge in [0.25, 0.3) is 0 Å². The van der Waals surface area contributed by atoms with Gasteiger partial charge in [-0.05, 0) is 51.8 Å². The Morgan fingerprint density at radius 1 is 1.47 bits per heavy atom. The van der Waals surface area contributed by atoms with Crippen molar-refractivity contribution in [2.75, 3.05) is 13.7 Å². The fourth-order valence-electron chi connectivity index (χ4n) is 2.48. The smallest absolute Gasteiger partial charge is 0.138 e. The Morgan fingerprint density at radius 2 is 2.32 bits per heavy atom. The lowest BCUT2D eigenvalue weighted by Gasteiger charge is -2.20. The molecule has 106 valence electrons. The van der Waals surface area contributed by atoms with Gasteiger partial charge in [-0.15, -0.1) is 0 Å². The van der Waals surface area contributed by atoms with E-state index < -0.39 is 0 Å². The van der Waals surface area contributed by atoms with Crippen molar-refractivity contribution in [3.63, 3.8) is 0 Å². The minimum Gasteiger partial charge on any atom is -0.489 e. The van der Waals surface area contributed by atoms with E-state index in [0.717, 1.165) is 30.8 Å². The zero-order valence-electron chi connectivity index (χ0n) is 12.1. The summed E-state index contributed by atoms with van der Waals surface area (Å²) < 4.78 is 11.4. The third-order valence-corrected chi connectivity index (χ3v) is 3.38. The van der Waals surface area contributed by atoms with Gasteiger partial charge in [0.05, 0.1) is 18.4 Å². The normalized spacial score (nSPS) is 20.7. The molecule has 2 atom stereocenters. The molecule has 1 N–H and O–H groups in total. The van der Waals surface area contributed by atoms with Crippen LogP contribution in [0.5, 0.6) is 5.75 Å². The second-order valence-electron chi connectivity index (χ2n) is 5.33. The number of nitrogens with one attached hydrogen (secondary N) is 1. The number of nitrogens with zero attached hydrogens (tertiary/aromatic N) is 1. The minimum atomic E-state index is 0.170. The van der Waals surface area contributed by atoms with Gasteiger partial charge in [0.1, 0.15) is 5.75 Å². The molecule has 0 radical (unpaired) electrons. The molecule has 1 aromatic heterocycles. The average molecular weight is 264 g/mol. The van der Waals surface area contributed by atoms with Crippen LogP contribution in [0.4, 0.5) is 0 Å². The quantitative estimate of drug-likeness (QED) is 0.858. The summed E-state index contributed by atoms with van der Waals surface area (Å²) in [5.41, 5.74) is 1.16. The summed E-state index contributed by atoms with van der Waals surface area (Å²) in [6.45, 7) is 4.94. The molecule has 0 bridgehead atoms. The molecular weight excluding hydrogens is 240 g/mol. The Morgan fingerprint density at radius 3 is 2.95 bits per heavy atom. The maximum atomic E-state index is 5.71. The molecule has 0 aliphatic carbocycles. The van der Waals surface area contributed by atoms with Gasteiger partial charge in [-0.2, -0.15) is 0 Å². The van der Waals surface area contributed by atoms with Crippen LogP contribution in [0.2, 0.25) is 0 Å². The first-order chi connectivity index (χ1) is 9.19. The number of pyridine rings is 1. The van der Waals surface area contributed by atoms with E-state index in [0.29, 0.717) is 6.10 Å². The Balaban J connectivity index is 2.04. The zero-order chi connectivity index (χ0) is 13.7. The number of hydrogen-bond donors (Lipinski definition) is 1. The van der Waals surface area contributed by atoms with Crippen molar-refractivity contribution in [1.82, 2.24) is 10.3 Å². The van der Waals surface area contributed by atoms with E-state index in [2.05, 4.69) is 16.4 Å². The Kier molecular flexibility index (Phi) is 5.16. The van der Waals surface area contributed by atoms with Gasteiger partial charge < -0.3 is 14.8 Å². The molecule has 2 rings (SSSR count). The van der Waals surface area contributed by atoms with Crippen LogP contribution in [0.25, 0.3) is 0 Å². The SMILES string of the molecule is CNC(CC1CCCO1)c1cncc(OC(C)C)c1. The standard InChI is InChI=1S/C15H24N2O2/c1-11(2)19-14-7-12(9-17-10-14)15(16-3)8-13-5-4-6-18-13/h7,9-11,13,15-16H,4-6,8H2,1-3H3. The molecule has 4 heteroatoms. The molecule has 19 heavy (non-hydrogen) atoms. The van der Waals surface area contributed by atoms with Gasteiger partial charge in [0.2, 0.25) is 0 Å². The van der Waals surface area contributed by atoms with Crippen LogP contribution in [0.15, 0.2) is 18.5 Å². The van der Waals surface area contributed by atoms with Gasteiger partial charge in [-0.1, -0.05) is 0 Å². The number of aromatic nitrogens is 1. The highest BCUT2D eigenvalue weighted by Crippen LogP contribution is 2.26. The fourth-order valence-corrected chi connectivity index (χ4v) is 2.48. The van der Waals surface area contributed by atoms with E-state index in [-0.39, 0.29) is 12.1 Å². The summed E-state index contributed by atoms with van der Waals surface area (Å²) in [5.74, 6) is 0.833. The van der Waals surface area contributed by atoms with Crippen LogP contribution < -0.4 is 10.1 Å². The van der Waals surface area contributed by atoms with Crippen LogP contribution in [-0.4, -0.2) is 30.8 Å². The first kappa shape index (κ1) is 14.3. The highest BCUT2D eigenvalue weighted by atomic mass is 16.5. The minimum absolute atomic E-state index is 0.170. The lowest BCUT2D eigenvalue weighted by Crippen LogP contribution is -2.22. The molecular formula is C15H24N2O2. The maximum Gasteiger partial charge on any atom is 0.138 e. The van der Waals surface area contributed by atoms with Crippen molar-refractivity contribution in [2.45, 2.75) is 51.4 Å². The van der Waals surface area contributed by atoms with Crippen molar-refractivity contribution < 1.29 is 9.47 Å². The predicted molar refractivity (Wildman–Crippen MR) is 75.4 cm³/mol. The summed E-state index contributed by atoms with van der Waals surface area (Å²) >= 11 is 0. The number of rotatable bonds is 6. The number of ether oxygens (including phenoxy) is 2. The molecule has 1 aliphatic rings. The topological polar surface area (TPSA) is 43.4 Å². The van der Waals surface area contributed by atoms with Gasteiger partial charge in [0, 0.05) is 18.8 Å². The fraction of sp³-hybridized carbons (Fsp3) is 0.667. The van der Waals surface area contributed by atoms with Crippen LogP contribution in [0.1, 0.15) is 44.7 Å². The molecule has 1 aromatic rings. The second-order valence-corrected chi connectivity index (χ2v) is 5.33. The van der Waals surface area contributed by atoms with Crippen LogP contribution in [0, 0.1) is 0 Å². The highest BCUT2D eigenvalue weighted by Gasteiger charge is 2.21. The molecule has 0 saturated carbocycles. The van der Waals surface area contributed by atoms with Crippen LogP contribution in [0.3, 0.4) is 0 Å². The molecule has 0 aromatic carbocycles. The monoisotopic (exact) mass is 264 g/mol. The third-order valence-electron chi connectivity index (χ3n) is 3.38. The molecule has 0 amide bonds. The first-order valence-electron chi connectivity index (χ1n) is 7.09. The summed E-state index contributed by atoms with van der Waals surface area (Å²) in [6.07, 6.45) is 7.54. The maximum absolute atomic E-state index is 5.71. The van der Waals surface area contributed by atoms with Crippen molar-refractivity contribution >= 4 is 0 Å². The summed E-state index contributed by atoms with van der Waals surface area (Å²) in [5, 5.41) is 3.35. The molecule has 4 nitrogen and oxygen atoms in total. The Labute approximate surface area is 115 Å². The molecule has 2 heterocycles. The van der Waals surface area contributed by atoms with E-state index in [4.69, 9.17) is 9.47 Å². The molecule has 0 spiro atoms. The Bertz CT molecular complexity index is 389. The zero-order valence-corrected chi connectivity index (χ0v) is 12.1. The summed E-state index contributed by atoms with van der Waals surface area (Å²) in [4.78, 5) is 4.28. The molecule has 1 fully saturated rings.